The first-order valence-corrected chi connectivity index (χ1v) is 6.94. The number of hydrogen-bond acceptors (Lipinski definition) is 6. The van der Waals surface area contributed by atoms with Gasteiger partial charge in [0.2, 0.25) is 12.7 Å². The molecule has 0 amide bonds. The fraction of sp³-hybridized carbons (Fsp3) is 0.200. The average Bonchev–Trinajstić information content (AvgIpc) is 3.09. The number of hydrogen-bond donors (Lipinski definition) is 2. The molecule has 7 heteroatoms. The second-order valence-electron chi connectivity index (χ2n) is 5.18. The Morgan fingerprint density at radius 1 is 1.27 bits per heavy atom. The zero-order chi connectivity index (χ0) is 15.1. The van der Waals surface area contributed by atoms with Crippen LogP contribution in [0.15, 0.2) is 30.5 Å². The molecular formula is C15H15N5O2. The summed E-state index contributed by atoms with van der Waals surface area (Å²) in [5.41, 5.74) is 9.54. The maximum absolute atomic E-state index is 5.62. The van der Waals surface area contributed by atoms with E-state index in [-0.39, 0.29) is 12.7 Å². The minimum atomic E-state index is 0.271. The topological polar surface area (TPSA) is 86.7 Å². The molecule has 0 atom stereocenters. The van der Waals surface area contributed by atoms with E-state index in [0.29, 0.717) is 6.54 Å². The normalized spacial score (nSPS) is 12.8. The van der Waals surface area contributed by atoms with Crippen molar-refractivity contribution in [2.24, 2.45) is 0 Å². The van der Waals surface area contributed by atoms with Crippen molar-refractivity contribution in [1.82, 2.24) is 14.6 Å². The Morgan fingerprint density at radius 3 is 3.05 bits per heavy atom. The van der Waals surface area contributed by atoms with Crippen LogP contribution in [0.25, 0.3) is 5.65 Å². The third kappa shape index (κ3) is 2.16. The lowest BCUT2D eigenvalue weighted by Crippen LogP contribution is -2.03. The number of nitrogens with one attached hydrogen (secondary N) is 1. The molecule has 0 saturated heterocycles. The first-order valence-electron chi connectivity index (χ1n) is 6.94. The van der Waals surface area contributed by atoms with Crippen LogP contribution in [0.5, 0.6) is 11.5 Å². The van der Waals surface area contributed by atoms with Crippen molar-refractivity contribution in [3.63, 3.8) is 0 Å². The van der Waals surface area contributed by atoms with E-state index in [1.165, 1.54) is 0 Å². The average molecular weight is 297 g/mol. The lowest BCUT2D eigenvalue weighted by atomic mass is 10.2. The minimum absolute atomic E-state index is 0.271. The third-order valence-corrected chi connectivity index (χ3v) is 3.62. The highest BCUT2D eigenvalue weighted by atomic mass is 16.7. The van der Waals surface area contributed by atoms with Crippen LogP contribution >= 0.6 is 0 Å². The fourth-order valence-corrected chi connectivity index (χ4v) is 2.47. The van der Waals surface area contributed by atoms with Crippen LogP contribution in [0.2, 0.25) is 0 Å². The summed E-state index contributed by atoms with van der Waals surface area (Å²) >= 11 is 0. The summed E-state index contributed by atoms with van der Waals surface area (Å²) in [5, 5.41) is 7.52. The molecule has 0 bridgehead atoms. The van der Waals surface area contributed by atoms with Crippen molar-refractivity contribution in [3.05, 3.63) is 41.6 Å². The van der Waals surface area contributed by atoms with Gasteiger partial charge in [-0.25, -0.2) is 4.52 Å². The Hall–Kier alpha value is -2.96. The van der Waals surface area contributed by atoms with E-state index in [0.717, 1.165) is 34.0 Å². The van der Waals surface area contributed by atoms with E-state index < -0.39 is 0 Å². The van der Waals surface area contributed by atoms with Crippen molar-refractivity contribution in [1.29, 1.82) is 0 Å². The Labute approximate surface area is 126 Å². The number of aryl methyl sites for hydroxylation is 1. The number of nitrogens with zero attached hydrogens (tertiary/aromatic N) is 3. The van der Waals surface area contributed by atoms with Gasteiger partial charge in [0.05, 0.1) is 11.9 Å². The highest BCUT2D eigenvalue weighted by molar-refractivity contribution is 5.57. The van der Waals surface area contributed by atoms with Gasteiger partial charge in [0.1, 0.15) is 0 Å². The number of anilines is 2. The highest BCUT2D eigenvalue weighted by Crippen LogP contribution is 2.32. The molecule has 0 aliphatic carbocycles. The van der Waals surface area contributed by atoms with Gasteiger partial charge in [0.25, 0.3) is 0 Å². The molecule has 0 unspecified atom stereocenters. The number of nitrogen functional groups attached to an aromatic ring is 1. The van der Waals surface area contributed by atoms with E-state index in [4.69, 9.17) is 15.2 Å². The van der Waals surface area contributed by atoms with Crippen molar-refractivity contribution in [3.8, 4) is 11.5 Å². The van der Waals surface area contributed by atoms with Gasteiger partial charge in [-0.2, -0.15) is 4.98 Å². The molecule has 1 aromatic carbocycles. The number of nitrogens with two attached hydrogens (primary N) is 1. The number of fused-ring (bicyclic) bond motifs is 2. The van der Waals surface area contributed by atoms with Crippen LogP contribution in [-0.2, 0) is 6.54 Å². The molecule has 0 spiro atoms. The molecular weight excluding hydrogens is 282 g/mol. The third-order valence-electron chi connectivity index (χ3n) is 3.62. The Bertz CT molecular complexity index is 859. The van der Waals surface area contributed by atoms with E-state index in [2.05, 4.69) is 15.4 Å². The van der Waals surface area contributed by atoms with Crippen LogP contribution < -0.4 is 20.5 Å². The van der Waals surface area contributed by atoms with Gasteiger partial charge in [-0.3, -0.25) is 0 Å². The molecule has 3 heterocycles. The van der Waals surface area contributed by atoms with Crippen molar-refractivity contribution in [2.75, 3.05) is 17.8 Å². The summed E-state index contributed by atoms with van der Waals surface area (Å²) in [6, 6.07) is 7.87. The molecule has 1 aliphatic rings. The largest absolute Gasteiger partial charge is 0.454 e. The smallest absolute Gasteiger partial charge is 0.240 e. The van der Waals surface area contributed by atoms with Gasteiger partial charge >= 0.3 is 0 Å². The lowest BCUT2D eigenvalue weighted by Gasteiger charge is -2.10. The first kappa shape index (κ1) is 12.8. The van der Waals surface area contributed by atoms with E-state index in [1.54, 1.807) is 4.52 Å². The molecule has 3 N–H and O–H groups in total. The molecule has 112 valence electrons. The van der Waals surface area contributed by atoms with Crippen molar-refractivity contribution < 1.29 is 9.47 Å². The molecule has 3 aromatic rings. The Balaban J connectivity index is 1.57. The number of pyridine rings is 1. The highest BCUT2D eigenvalue weighted by Gasteiger charge is 2.13. The van der Waals surface area contributed by atoms with Gasteiger partial charge in [-0.15, -0.1) is 5.10 Å². The SMILES string of the molecule is Cc1cc2nc(N)nn2cc1NCc1ccc2c(c1)OCO2. The summed E-state index contributed by atoms with van der Waals surface area (Å²) in [7, 11) is 0. The maximum atomic E-state index is 5.62. The summed E-state index contributed by atoms with van der Waals surface area (Å²) in [6.45, 7) is 2.98. The van der Waals surface area contributed by atoms with Gasteiger partial charge < -0.3 is 20.5 Å². The molecule has 7 nitrogen and oxygen atoms in total. The Morgan fingerprint density at radius 2 is 2.14 bits per heavy atom. The number of aromatic nitrogens is 3. The number of ether oxygens (including phenoxy) is 2. The molecule has 22 heavy (non-hydrogen) atoms. The lowest BCUT2D eigenvalue weighted by molar-refractivity contribution is 0.174. The van der Waals surface area contributed by atoms with Crippen LogP contribution in [0, 0.1) is 6.92 Å². The van der Waals surface area contributed by atoms with Crippen LogP contribution in [-0.4, -0.2) is 21.4 Å². The maximum Gasteiger partial charge on any atom is 0.240 e. The van der Waals surface area contributed by atoms with Gasteiger partial charge in [-0.1, -0.05) is 6.07 Å². The van der Waals surface area contributed by atoms with Gasteiger partial charge in [0, 0.05) is 6.54 Å². The van der Waals surface area contributed by atoms with Crippen molar-refractivity contribution >= 4 is 17.3 Å². The Kier molecular flexibility index (Phi) is 2.78. The first-order chi connectivity index (χ1) is 10.7. The molecule has 1 aliphatic heterocycles. The predicted octanol–water partition coefficient (Wildman–Crippen LogP) is 1.96. The number of benzene rings is 1. The molecule has 0 fully saturated rings. The van der Waals surface area contributed by atoms with E-state index in [1.807, 2.05) is 37.4 Å². The van der Waals surface area contributed by atoms with Crippen LogP contribution in [0.3, 0.4) is 0 Å². The van der Waals surface area contributed by atoms with E-state index >= 15 is 0 Å². The van der Waals surface area contributed by atoms with E-state index in [9.17, 15) is 0 Å². The molecule has 0 saturated carbocycles. The zero-order valence-electron chi connectivity index (χ0n) is 12.0. The molecule has 4 rings (SSSR count). The zero-order valence-corrected chi connectivity index (χ0v) is 12.0. The molecule has 2 aromatic heterocycles. The summed E-state index contributed by atoms with van der Waals surface area (Å²) in [5.74, 6) is 1.85. The summed E-state index contributed by atoms with van der Waals surface area (Å²) in [4.78, 5) is 4.14. The second kappa shape index (κ2) is 4.80. The fourth-order valence-electron chi connectivity index (χ4n) is 2.47. The summed E-state index contributed by atoms with van der Waals surface area (Å²) in [6.07, 6.45) is 1.89. The molecule has 0 radical (unpaired) electrons. The second-order valence-corrected chi connectivity index (χ2v) is 5.18. The van der Waals surface area contributed by atoms with Crippen LogP contribution in [0.1, 0.15) is 11.1 Å². The monoisotopic (exact) mass is 297 g/mol. The minimum Gasteiger partial charge on any atom is -0.454 e. The standard InChI is InChI=1S/C15H15N5O2/c1-9-4-14-18-15(16)19-20(14)7-11(9)17-6-10-2-3-12-13(5-10)22-8-21-12/h2-5,7,17H,6,8H2,1H3,(H2,16,19). The summed E-state index contributed by atoms with van der Waals surface area (Å²) < 4.78 is 12.4. The van der Waals surface area contributed by atoms with Gasteiger partial charge in [0.15, 0.2) is 17.1 Å². The number of rotatable bonds is 3. The van der Waals surface area contributed by atoms with Gasteiger partial charge in [-0.05, 0) is 36.2 Å². The van der Waals surface area contributed by atoms with Crippen molar-refractivity contribution in [2.45, 2.75) is 13.5 Å². The van der Waals surface area contributed by atoms with Crippen LogP contribution in [0.4, 0.5) is 11.6 Å². The predicted molar refractivity (Wildman–Crippen MR) is 82.0 cm³/mol. The quantitative estimate of drug-likeness (QED) is 0.768.